The summed E-state index contributed by atoms with van der Waals surface area (Å²) in [7, 11) is -1.35. The van der Waals surface area contributed by atoms with Crippen LogP contribution in [0, 0.1) is 0 Å². The molecule has 2 rings (SSSR count). The van der Waals surface area contributed by atoms with Gasteiger partial charge in [0, 0.05) is 6.42 Å². The van der Waals surface area contributed by atoms with Crippen LogP contribution in [0.15, 0.2) is 46.9 Å². The van der Waals surface area contributed by atoms with E-state index in [0.29, 0.717) is 25.9 Å². The molecule has 4 nitrogen and oxygen atoms in total. The van der Waals surface area contributed by atoms with Crippen molar-refractivity contribution in [2.45, 2.75) is 51.7 Å². The number of carbonyl (C=O) groups is 1. The van der Waals surface area contributed by atoms with Crippen LogP contribution in [-0.2, 0) is 20.5 Å². The average Bonchev–Trinajstić information content (AvgIpc) is 2.59. The number of benzene rings is 2. The van der Waals surface area contributed by atoms with E-state index in [1.165, 1.54) is 0 Å². The summed E-state index contributed by atoms with van der Waals surface area (Å²) >= 11 is 0. The Kier molecular flexibility index (Phi) is 7.09. The Morgan fingerprint density at radius 2 is 1.77 bits per heavy atom. The third-order valence-electron chi connectivity index (χ3n) is 3.90. The predicted octanol–water partition coefficient (Wildman–Crippen LogP) is 4.82. The van der Waals surface area contributed by atoms with Crippen LogP contribution in [-0.4, -0.2) is 27.2 Å². The minimum Gasteiger partial charge on any atom is -0.466 e. The highest BCUT2D eigenvalue weighted by Gasteiger charge is 2.20. The Morgan fingerprint density at radius 3 is 2.42 bits per heavy atom. The van der Waals surface area contributed by atoms with E-state index in [1.54, 1.807) is 6.92 Å². The number of nitrogens with zero attached hydrogens (tertiary/aromatic N) is 1. The Bertz CT molecular complexity index is 821. The molecule has 140 valence electrons. The fourth-order valence-corrected chi connectivity index (χ4v) is 3.15. The molecule has 2 aromatic carbocycles. The fraction of sp³-hybridized carbons (Fsp3) is 0.429. The Morgan fingerprint density at radius 1 is 1.08 bits per heavy atom. The lowest BCUT2D eigenvalue weighted by Gasteiger charge is -2.15. The van der Waals surface area contributed by atoms with Gasteiger partial charge in [-0.2, -0.15) is 4.40 Å². The quantitative estimate of drug-likeness (QED) is 0.516. The number of esters is 1. The van der Waals surface area contributed by atoms with Crippen molar-refractivity contribution in [2.75, 3.05) is 6.61 Å². The fourth-order valence-electron chi connectivity index (χ4n) is 2.48. The van der Waals surface area contributed by atoms with Crippen molar-refractivity contribution in [2.24, 2.45) is 4.40 Å². The molecule has 0 spiro atoms. The summed E-state index contributed by atoms with van der Waals surface area (Å²) in [6.45, 7) is 7.90. The first-order valence-corrected chi connectivity index (χ1v) is 10.1. The monoisotopic (exact) mass is 373 g/mol. The van der Waals surface area contributed by atoms with Crippen molar-refractivity contribution in [3.05, 3.63) is 48.0 Å². The summed E-state index contributed by atoms with van der Waals surface area (Å²) in [5.74, 6) is -0.206. The maximum Gasteiger partial charge on any atom is 0.305 e. The first-order chi connectivity index (χ1) is 12.3. The molecule has 0 saturated heterocycles. The summed E-state index contributed by atoms with van der Waals surface area (Å²) in [5.41, 5.74) is 1.72. The molecular formula is C21H27NO3S. The van der Waals surface area contributed by atoms with Crippen LogP contribution in [0.3, 0.4) is 0 Å². The summed E-state index contributed by atoms with van der Waals surface area (Å²) < 4.78 is 21.6. The van der Waals surface area contributed by atoms with E-state index in [-0.39, 0.29) is 5.97 Å². The van der Waals surface area contributed by atoms with E-state index < -0.39 is 15.7 Å². The molecule has 0 amide bonds. The molecule has 0 heterocycles. The molecule has 26 heavy (non-hydrogen) atoms. The number of fused-ring (bicyclic) bond motifs is 1. The second-order valence-corrected chi connectivity index (χ2v) is 9.03. The smallest absolute Gasteiger partial charge is 0.305 e. The van der Waals surface area contributed by atoms with Crippen molar-refractivity contribution in [3.8, 4) is 0 Å². The lowest BCUT2D eigenvalue weighted by Crippen LogP contribution is -2.21. The highest BCUT2D eigenvalue weighted by molar-refractivity contribution is 7.85. The molecule has 0 fully saturated rings. The number of hydrogen-bond acceptors (Lipinski definition) is 3. The van der Waals surface area contributed by atoms with Crippen molar-refractivity contribution in [1.82, 2.24) is 0 Å². The molecule has 0 saturated carbocycles. The lowest BCUT2D eigenvalue weighted by atomic mass is 10.0. The molecule has 5 heteroatoms. The number of ether oxygens (including phenoxy) is 1. The van der Waals surface area contributed by atoms with Crippen LogP contribution in [0.1, 0.15) is 52.5 Å². The molecule has 0 unspecified atom stereocenters. The van der Waals surface area contributed by atoms with Gasteiger partial charge in [-0.3, -0.25) is 4.79 Å². The van der Waals surface area contributed by atoms with Crippen LogP contribution in [0.25, 0.3) is 10.8 Å². The third-order valence-corrected chi connectivity index (χ3v) is 5.33. The van der Waals surface area contributed by atoms with Crippen LogP contribution >= 0.6 is 0 Å². The van der Waals surface area contributed by atoms with Crippen LogP contribution in [0.4, 0.5) is 0 Å². The van der Waals surface area contributed by atoms with Gasteiger partial charge in [0.15, 0.2) is 0 Å². The minimum absolute atomic E-state index is 0.206. The van der Waals surface area contributed by atoms with Crippen molar-refractivity contribution in [3.63, 3.8) is 0 Å². The van der Waals surface area contributed by atoms with Gasteiger partial charge in [0.05, 0.1) is 17.1 Å². The predicted molar refractivity (Wildman–Crippen MR) is 109 cm³/mol. The first kappa shape index (κ1) is 20.3. The van der Waals surface area contributed by atoms with E-state index >= 15 is 0 Å². The second kappa shape index (κ2) is 9.08. The van der Waals surface area contributed by atoms with Gasteiger partial charge in [-0.15, -0.1) is 0 Å². The maximum absolute atomic E-state index is 12.5. The summed E-state index contributed by atoms with van der Waals surface area (Å²) in [6, 6.07) is 14.2. The topological polar surface area (TPSA) is 55.7 Å². The zero-order valence-electron chi connectivity index (χ0n) is 16.0. The largest absolute Gasteiger partial charge is 0.466 e. The van der Waals surface area contributed by atoms with E-state index in [2.05, 4.69) is 22.6 Å². The van der Waals surface area contributed by atoms with E-state index in [0.717, 1.165) is 22.0 Å². The standard InChI is InChI=1S/C21H27NO3S/c1-5-25-20(23)12-8-11-19(22-26(24)21(2,3)4)18-14-13-16-9-6-7-10-17(16)15-18/h6-7,9-10,13-15H,5,8,11-12H2,1-4H3/b22-19+/t26-/m0/s1. The van der Waals surface area contributed by atoms with Crippen LogP contribution < -0.4 is 0 Å². The molecule has 0 aliphatic heterocycles. The van der Waals surface area contributed by atoms with Gasteiger partial charge in [0.1, 0.15) is 11.0 Å². The van der Waals surface area contributed by atoms with Gasteiger partial charge in [0.25, 0.3) is 0 Å². The average molecular weight is 374 g/mol. The normalized spacial score (nSPS) is 13.6. The Labute approximate surface area is 158 Å². The van der Waals surface area contributed by atoms with Crippen LogP contribution in [0.2, 0.25) is 0 Å². The summed E-state index contributed by atoms with van der Waals surface area (Å²) in [6.07, 6.45) is 1.54. The second-order valence-electron chi connectivity index (χ2n) is 7.12. The number of hydrogen-bond donors (Lipinski definition) is 0. The van der Waals surface area contributed by atoms with Gasteiger partial charge in [-0.05, 0) is 62.9 Å². The van der Waals surface area contributed by atoms with Gasteiger partial charge >= 0.3 is 5.97 Å². The number of rotatable bonds is 7. The molecule has 2 aromatic rings. The molecule has 1 atom stereocenters. The van der Waals surface area contributed by atoms with Gasteiger partial charge in [0.2, 0.25) is 0 Å². The van der Waals surface area contributed by atoms with Gasteiger partial charge < -0.3 is 4.74 Å². The first-order valence-electron chi connectivity index (χ1n) is 8.95. The number of carbonyl (C=O) groups excluding carboxylic acids is 1. The van der Waals surface area contributed by atoms with Gasteiger partial charge in [-0.1, -0.05) is 36.4 Å². The van der Waals surface area contributed by atoms with Crippen LogP contribution in [0.5, 0.6) is 0 Å². The molecular weight excluding hydrogens is 346 g/mol. The van der Waals surface area contributed by atoms with Crippen molar-refractivity contribution in [1.29, 1.82) is 0 Å². The molecule has 0 radical (unpaired) electrons. The maximum atomic E-state index is 12.5. The zero-order valence-corrected chi connectivity index (χ0v) is 16.8. The van der Waals surface area contributed by atoms with Crippen molar-refractivity contribution < 1.29 is 13.7 Å². The molecule has 0 aliphatic carbocycles. The SMILES string of the molecule is CCOC(=O)CCC/C(=N\[S@@](=O)C(C)(C)C)c1ccc2ccccc2c1. The Hall–Kier alpha value is -2.01. The van der Waals surface area contributed by atoms with E-state index in [9.17, 15) is 9.00 Å². The van der Waals surface area contributed by atoms with E-state index in [4.69, 9.17) is 4.74 Å². The summed E-state index contributed by atoms with van der Waals surface area (Å²) in [4.78, 5) is 11.6. The summed E-state index contributed by atoms with van der Waals surface area (Å²) in [5, 5.41) is 2.27. The minimum atomic E-state index is -1.35. The Balaban J connectivity index is 2.28. The van der Waals surface area contributed by atoms with Gasteiger partial charge in [-0.25, -0.2) is 4.21 Å². The zero-order chi connectivity index (χ0) is 19.2. The molecule has 0 bridgehead atoms. The van der Waals surface area contributed by atoms with E-state index in [1.807, 2.05) is 45.0 Å². The molecule has 0 N–H and O–H groups in total. The molecule has 0 aliphatic rings. The third kappa shape index (κ3) is 5.77. The highest BCUT2D eigenvalue weighted by Crippen LogP contribution is 2.20. The highest BCUT2D eigenvalue weighted by atomic mass is 32.2. The van der Waals surface area contributed by atoms with Crippen molar-refractivity contribution >= 4 is 33.4 Å². The lowest BCUT2D eigenvalue weighted by molar-refractivity contribution is -0.143. The molecule has 0 aromatic heterocycles.